The number of rotatable bonds is 4. The summed E-state index contributed by atoms with van der Waals surface area (Å²) in [6.07, 6.45) is 4.89. The van der Waals surface area contributed by atoms with Gasteiger partial charge in [0.15, 0.2) is 0 Å². The maximum absolute atomic E-state index is 2.76. The van der Waals surface area contributed by atoms with Crippen LogP contribution < -0.4 is 31.1 Å². The summed E-state index contributed by atoms with van der Waals surface area (Å²) in [6.45, 7) is 37.6. The lowest BCUT2D eigenvalue weighted by Gasteiger charge is -2.50. The molecule has 0 amide bonds. The van der Waals surface area contributed by atoms with Gasteiger partial charge in [0.1, 0.15) is 0 Å². The van der Waals surface area contributed by atoms with E-state index in [0.29, 0.717) is 0 Å². The van der Waals surface area contributed by atoms with Crippen molar-refractivity contribution >= 4 is 68.6 Å². The highest BCUT2D eigenvalue weighted by Gasteiger charge is 2.58. The van der Waals surface area contributed by atoms with Gasteiger partial charge in [0.2, 0.25) is 0 Å². The maximum atomic E-state index is 2.76. The Kier molecular flexibility index (Phi) is 10.7. The molecule has 4 heteroatoms. The SMILES string of the molecule is Cc1cc2c3c(c1)N(c1c(C)cc(C(C)(C)C)cc1C)c1ccc(-c4c(C)cc(C(C)(C)C)cc4C)cc1B3c1ccc(N3c4ccccc4C4(C)CCCCC34C)cc1N2c1ccc(C(C)(C)C)cc1. The fourth-order valence-electron chi connectivity index (χ4n) is 13.7. The second kappa shape index (κ2) is 16.0. The number of fused-ring (bicyclic) bond motifs is 7. The minimum Gasteiger partial charge on any atom is -0.334 e. The summed E-state index contributed by atoms with van der Waals surface area (Å²) in [5.74, 6) is 0. The Balaban J connectivity index is 1.21. The summed E-state index contributed by atoms with van der Waals surface area (Å²) < 4.78 is 0. The van der Waals surface area contributed by atoms with Crippen molar-refractivity contribution in [1.82, 2.24) is 0 Å². The van der Waals surface area contributed by atoms with Crippen LogP contribution in [0.25, 0.3) is 11.1 Å². The van der Waals surface area contributed by atoms with Gasteiger partial charge in [-0.1, -0.05) is 155 Å². The van der Waals surface area contributed by atoms with E-state index in [0.717, 1.165) is 0 Å². The Morgan fingerprint density at radius 3 is 1.65 bits per heavy atom. The van der Waals surface area contributed by atoms with E-state index >= 15 is 0 Å². The van der Waals surface area contributed by atoms with Crippen LogP contribution >= 0.6 is 0 Å². The third kappa shape index (κ3) is 7.19. The van der Waals surface area contributed by atoms with E-state index in [1.165, 1.54) is 149 Å². The van der Waals surface area contributed by atoms with Crippen LogP contribution in [0.1, 0.15) is 152 Å². The van der Waals surface area contributed by atoms with Gasteiger partial charge in [-0.2, -0.15) is 0 Å². The maximum Gasteiger partial charge on any atom is 0.252 e. The number of anilines is 8. The van der Waals surface area contributed by atoms with Crippen molar-refractivity contribution in [2.24, 2.45) is 0 Å². The highest BCUT2D eigenvalue weighted by Crippen LogP contribution is 2.61. The van der Waals surface area contributed by atoms with Crippen molar-refractivity contribution in [2.45, 2.75) is 164 Å². The molecule has 71 heavy (non-hydrogen) atoms. The van der Waals surface area contributed by atoms with Crippen LogP contribution in [0, 0.1) is 34.6 Å². The Morgan fingerprint density at radius 1 is 0.465 bits per heavy atom. The van der Waals surface area contributed by atoms with Crippen LogP contribution in [0.2, 0.25) is 0 Å². The van der Waals surface area contributed by atoms with E-state index in [4.69, 9.17) is 0 Å². The average molecular weight is 934 g/mol. The molecule has 3 aliphatic heterocycles. The van der Waals surface area contributed by atoms with E-state index in [-0.39, 0.29) is 33.9 Å². The number of nitrogens with zero attached hydrogens (tertiary/aromatic N) is 3. The number of benzene rings is 7. The summed E-state index contributed by atoms with van der Waals surface area (Å²) in [6, 6.07) is 48.6. The predicted molar refractivity (Wildman–Crippen MR) is 308 cm³/mol. The molecule has 3 nitrogen and oxygen atoms in total. The van der Waals surface area contributed by atoms with Gasteiger partial charge in [-0.05, 0) is 197 Å². The molecule has 11 rings (SSSR count). The van der Waals surface area contributed by atoms with Gasteiger partial charge in [0.25, 0.3) is 6.71 Å². The Labute approximate surface area is 427 Å². The van der Waals surface area contributed by atoms with Crippen molar-refractivity contribution in [1.29, 1.82) is 0 Å². The molecule has 362 valence electrons. The van der Waals surface area contributed by atoms with Gasteiger partial charge < -0.3 is 14.7 Å². The molecule has 3 heterocycles. The van der Waals surface area contributed by atoms with E-state index in [1.54, 1.807) is 0 Å². The number of hydrogen-bond acceptors (Lipinski definition) is 3. The summed E-state index contributed by atoms with van der Waals surface area (Å²) in [4.78, 5) is 8.04. The lowest BCUT2D eigenvalue weighted by atomic mass is 9.33. The smallest absolute Gasteiger partial charge is 0.252 e. The second-order valence-corrected chi connectivity index (χ2v) is 25.7. The first kappa shape index (κ1) is 47.3. The zero-order valence-corrected chi connectivity index (χ0v) is 45.8. The molecule has 7 aromatic rings. The molecule has 7 aromatic carbocycles. The van der Waals surface area contributed by atoms with E-state index in [2.05, 4.69) is 247 Å². The molecular weight excluding hydrogens is 858 g/mol. The van der Waals surface area contributed by atoms with Crippen LogP contribution in [-0.2, 0) is 21.7 Å². The average Bonchev–Trinajstić information content (AvgIpc) is 3.51. The van der Waals surface area contributed by atoms with Gasteiger partial charge in [-0.25, -0.2) is 0 Å². The Hall–Kier alpha value is -6.00. The van der Waals surface area contributed by atoms with Gasteiger partial charge >= 0.3 is 0 Å². The molecule has 0 bridgehead atoms. The van der Waals surface area contributed by atoms with Crippen LogP contribution in [0.3, 0.4) is 0 Å². The molecular formula is C67H76BN3. The Morgan fingerprint density at radius 2 is 1.03 bits per heavy atom. The highest BCUT2D eigenvalue weighted by atomic mass is 15.3. The lowest BCUT2D eigenvalue weighted by Crippen LogP contribution is -2.61. The first-order valence-electron chi connectivity index (χ1n) is 26.7. The number of hydrogen-bond donors (Lipinski definition) is 0. The van der Waals surface area contributed by atoms with Crippen molar-refractivity contribution in [3.63, 3.8) is 0 Å². The summed E-state index contributed by atoms with van der Waals surface area (Å²) in [5, 5.41) is 0. The fourth-order valence-corrected chi connectivity index (χ4v) is 13.7. The monoisotopic (exact) mass is 934 g/mol. The van der Waals surface area contributed by atoms with Gasteiger partial charge in [0.05, 0.1) is 11.2 Å². The largest absolute Gasteiger partial charge is 0.334 e. The molecule has 2 atom stereocenters. The molecule has 1 fully saturated rings. The first-order valence-corrected chi connectivity index (χ1v) is 26.7. The van der Waals surface area contributed by atoms with E-state index < -0.39 is 0 Å². The topological polar surface area (TPSA) is 9.72 Å². The Bertz CT molecular complexity index is 3270. The number of para-hydroxylation sites is 1. The molecule has 2 unspecified atom stereocenters. The van der Waals surface area contributed by atoms with E-state index in [1.807, 2.05) is 0 Å². The van der Waals surface area contributed by atoms with Crippen LogP contribution in [-0.4, -0.2) is 12.3 Å². The van der Waals surface area contributed by atoms with Gasteiger partial charge in [0, 0.05) is 45.2 Å². The first-order chi connectivity index (χ1) is 33.4. The second-order valence-electron chi connectivity index (χ2n) is 25.7. The molecule has 0 spiro atoms. The standard InChI is InChI=1S/C67H76BN3/c1-41-33-58-61-59(34-41)70(62-44(4)37-49(38-45(62)5)65(12,13)14)56-30-23-46(60-42(2)35-48(36-43(60)3)64(9,10)11)39-54(56)68(61)53-29-28-51(40-57(53)69(58)50-26-24-47(25-27-50)63(6,7)8)71-55-22-18-17-21-52(55)66(15)31-19-20-32-67(66,71)16/h17-18,21-30,33-40H,19-20,31-32H2,1-16H3. The number of aryl methyl sites for hydroxylation is 5. The van der Waals surface area contributed by atoms with E-state index in [9.17, 15) is 0 Å². The van der Waals surface area contributed by atoms with Crippen LogP contribution in [0.4, 0.5) is 45.5 Å². The fraction of sp³-hybridized carbons (Fsp3) is 0.373. The highest BCUT2D eigenvalue weighted by molar-refractivity contribution is 7.00. The minimum atomic E-state index is -0.0535. The summed E-state index contributed by atoms with van der Waals surface area (Å²) >= 11 is 0. The third-order valence-electron chi connectivity index (χ3n) is 17.7. The quantitative estimate of drug-likeness (QED) is 0.163. The zero-order valence-electron chi connectivity index (χ0n) is 45.8. The summed E-state index contributed by atoms with van der Waals surface area (Å²) in [7, 11) is 0. The summed E-state index contributed by atoms with van der Waals surface area (Å²) in [5.41, 5.74) is 29.1. The van der Waals surface area contributed by atoms with Gasteiger partial charge in [-0.3, -0.25) is 0 Å². The normalized spacial score (nSPS) is 19.3. The lowest BCUT2D eigenvalue weighted by molar-refractivity contribution is 0.195. The zero-order chi connectivity index (χ0) is 50.5. The molecule has 1 saturated carbocycles. The van der Waals surface area contributed by atoms with Gasteiger partial charge in [-0.15, -0.1) is 0 Å². The van der Waals surface area contributed by atoms with Crippen LogP contribution in [0.5, 0.6) is 0 Å². The molecule has 1 aliphatic carbocycles. The van der Waals surface area contributed by atoms with Crippen molar-refractivity contribution in [2.75, 3.05) is 14.7 Å². The molecule has 0 radical (unpaired) electrons. The van der Waals surface area contributed by atoms with Crippen molar-refractivity contribution < 1.29 is 0 Å². The predicted octanol–water partition coefficient (Wildman–Crippen LogP) is 16.6. The van der Waals surface area contributed by atoms with Crippen molar-refractivity contribution in [3.05, 3.63) is 171 Å². The van der Waals surface area contributed by atoms with Crippen LogP contribution in [0.15, 0.2) is 121 Å². The molecule has 0 aromatic heterocycles. The molecule has 4 aliphatic rings. The van der Waals surface area contributed by atoms with Crippen molar-refractivity contribution in [3.8, 4) is 11.1 Å². The molecule has 0 saturated heterocycles. The molecule has 0 N–H and O–H groups in total. The third-order valence-corrected chi connectivity index (χ3v) is 17.7. The minimum absolute atomic E-state index is 0.00809.